The molecule has 2 heteroatoms. The number of benzene rings is 1. The van der Waals surface area contributed by atoms with Crippen LogP contribution in [0.25, 0.3) is 0 Å². The molecule has 1 aromatic carbocycles. The second kappa shape index (κ2) is 4.33. The fraction of sp³-hybridized carbons (Fsp3) is 0.684. The van der Waals surface area contributed by atoms with Gasteiger partial charge in [-0.15, -0.1) is 0 Å². The minimum absolute atomic E-state index is 0.00171. The van der Waals surface area contributed by atoms with Crippen LogP contribution in [0.2, 0.25) is 0 Å². The molecule has 0 unspecified atom stereocenters. The van der Waals surface area contributed by atoms with E-state index < -0.39 is 0 Å². The number of hydrogen-bond donors (Lipinski definition) is 0. The van der Waals surface area contributed by atoms with Gasteiger partial charge in [0, 0.05) is 5.41 Å². The molecule has 2 aliphatic rings. The van der Waals surface area contributed by atoms with Crippen molar-refractivity contribution >= 4 is 0 Å². The molecule has 0 aliphatic carbocycles. The average Bonchev–Trinajstić information content (AvgIpc) is 2.65. The van der Waals surface area contributed by atoms with Crippen molar-refractivity contribution in [1.82, 2.24) is 0 Å². The van der Waals surface area contributed by atoms with Crippen LogP contribution < -0.4 is 0 Å². The quantitative estimate of drug-likeness (QED) is 0.811. The minimum atomic E-state index is -0.184. The molecule has 2 fully saturated rings. The van der Waals surface area contributed by atoms with E-state index in [9.17, 15) is 0 Å². The van der Waals surface area contributed by atoms with Crippen molar-refractivity contribution in [3.8, 4) is 0 Å². The average molecular weight is 288 g/mol. The molecule has 0 amide bonds. The third kappa shape index (κ3) is 1.92. The van der Waals surface area contributed by atoms with Crippen LogP contribution in [-0.4, -0.2) is 17.3 Å². The van der Waals surface area contributed by atoms with Crippen LogP contribution in [0, 0.1) is 10.8 Å². The summed E-state index contributed by atoms with van der Waals surface area (Å²) in [6, 6.07) is 10.4. The highest BCUT2D eigenvalue weighted by atomic mass is 16.6. The fourth-order valence-corrected chi connectivity index (χ4v) is 4.99. The topological polar surface area (TPSA) is 18.5 Å². The van der Waals surface area contributed by atoms with Crippen LogP contribution in [-0.2, 0) is 16.1 Å². The molecule has 2 saturated heterocycles. The Hall–Kier alpha value is -0.860. The zero-order valence-corrected chi connectivity index (χ0v) is 14.2. The Kier molecular flexibility index (Phi) is 3.10. The largest absolute Gasteiger partial charge is 0.370 e. The summed E-state index contributed by atoms with van der Waals surface area (Å²) in [5.74, 6) is 0. The smallest absolute Gasteiger partial charge is 0.0945 e. The summed E-state index contributed by atoms with van der Waals surface area (Å²) in [7, 11) is 0. The van der Waals surface area contributed by atoms with Gasteiger partial charge >= 0.3 is 0 Å². The van der Waals surface area contributed by atoms with Gasteiger partial charge in [0.25, 0.3) is 0 Å². The van der Waals surface area contributed by atoms with Crippen LogP contribution >= 0.6 is 0 Å². The van der Waals surface area contributed by atoms with E-state index in [0.29, 0.717) is 6.61 Å². The van der Waals surface area contributed by atoms with Crippen molar-refractivity contribution in [3.05, 3.63) is 35.9 Å². The van der Waals surface area contributed by atoms with Gasteiger partial charge in [0.05, 0.1) is 23.9 Å². The maximum Gasteiger partial charge on any atom is 0.0945 e. The molecule has 2 aliphatic heterocycles. The third-order valence-corrected chi connectivity index (χ3v) is 6.22. The number of fused-ring (bicyclic) bond motifs is 2. The predicted octanol–water partition coefficient (Wildman–Crippen LogP) is 4.58. The van der Waals surface area contributed by atoms with Crippen LogP contribution in [0.3, 0.4) is 0 Å². The molecule has 0 radical (unpaired) electrons. The summed E-state index contributed by atoms with van der Waals surface area (Å²) in [6.07, 6.45) is 1.18. The Bertz CT molecular complexity index is 534. The molecule has 3 atom stereocenters. The predicted molar refractivity (Wildman–Crippen MR) is 85.1 cm³/mol. The first-order chi connectivity index (χ1) is 9.62. The van der Waals surface area contributed by atoms with Crippen molar-refractivity contribution in [2.24, 2.45) is 10.8 Å². The van der Waals surface area contributed by atoms with Crippen molar-refractivity contribution < 1.29 is 9.47 Å². The summed E-state index contributed by atoms with van der Waals surface area (Å²) in [6.45, 7) is 14.4. The van der Waals surface area contributed by atoms with Crippen molar-refractivity contribution in [3.63, 3.8) is 0 Å². The van der Waals surface area contributed by atoms with Gasteiger partial charge in [-0.1, -0.05) is 58.0 Å². The van der Waals surface area contributed by atoms with E-state index in [0.717, 1.165) is 6.42 Å². The Labute approximate surface area is 128 Å². The number of hydrogen-bond acceptors (Lipinski definition) is 2. The van der Waals surface area contributed by atoms with Crippen LogP contribution in [0.5, 0.6) is 0 Å². The highest BCUT2D eigenvalue weighted by molar-refractivity contribution is 5.23. The first-order valence-corrected chi connectivity index (χ1v) is 7.98. The van der Waals surface area contributed by atoms with Crippen molar-refractivity contribution in [2.75, 3.05) is 0 Å². The fourth-order valence-electron chi connectivity index (χ4n) is 4.99. The van der Waals surface area contributed by atoms with Crippen molar-refractivity contribution in [1.29, 1.82) is 0 Å². The Balaban J connectivity index is 1.84. The second-order valence-corrected chi connectivity index (χ2v) is 8.41. The molecule has 0 aromatic heterocycles. The SMILES string of the molecule is CC1(C)C[C@]2(C)O[C@@]1(C)C(C)(C)[C@H]2OCc1ccccc1. The summed E-state index contributed by atoms with van der Waals surface area (Å²) in [5.41, 5.74) is 1.08. The lowest BCUT2D eigenvalue weighted by Crippen LogP contribution is -2.58. The van der Waals surface area contributed by atoms with Gasteiger partial charge in [0.15, 0.2) is 0 Å². The normalized spacial score (nSPS) is 39.6. The van der Waals surface area contributed by atoms with Gasteiger partial charge < -0.3 is 9.47 Å². The molecule has 2 bridgehead atoms. The van der Waals surface area contributed by atoms with Crippen molar-refractivity contribution in [2.45, 2.75) is 71.9 Å². The lowest BCUT2D eigenvalue weighted by Gasteiger charge is -2.51. The van der Waals surface area contributed by atoms with Crippen LogP contribution in [0.4, 0.5) is 0 Å². The first-order valence-electron chi connectivity index (χ1n) is 7.98. The van der Waals surface area contributed by atoms with Gasteiger partial charge in [-0.25, -0.2) is 0 Å². The summed E-state index contributed by atoms with van der Waals surface area (Å²) in [5, 5.41) is 0. The van der Waals surface area contributed by atoms with E-state index in [1.54, 1.807) is 0 Å². The Morgan fingerprint density at radius 1 is 1.05 bits per heavy atom. The van der Waals surface area contributed by atoms with Crippen LogP contribution in [0.1, 0.15) is 53.5 Å². The molecule has 0 spiro atoms. The second-order valence-electron chi connectivity index (χ2n) is 8.41. The molecule has 3 rings (SSSR count). The van der Waals surface area contributed by atoms with Gasteiger partial charge in [0.1, 0.15) is 0 Å². The zero-order chi connectivity index (χ0) is 15.5. The van der Waals surface area contributed by atoms with E-state index in [-0.39, 0.29) is 28.1 Å². The number of rotatable bonds is 3. The lowest BCUT2D eigenvalue weighted by molar-refractivity contribution is -0.108. The molecule has 21 heavy (non-hydrogen) atoms. The summed E-state index contributed by atoms with van der Waals surface area (Å²) >= 11 is 0. The molecule has 1 aromatic rings. The zero-order valence-electron chi connectivity index (χ0n) is 14.2. The standard InChI is InChI=1S/C19H28O2/c1-16(2)13-18(5)15(17(3,4)19(16,6)21-18)20-12-14-10-8-7-9-11-14/h7-11,15H,12-13H2,1-6H3/t15-,18+,19-/m1/s1. The molecule has 2 nitrogen and oxygen atoms in total. The minimum Gasteiger partial charge on any atom is -0.370 e. The van der Waals surface area contributed by atoms with Gasteiger partial charge in [-0.05, 0) is 31.2 Å². The monoisotopic (exact) mass is 288 g/mol. The highest BCUT2D eigenvalue weighted by Crippen LogP contribution is 2.68. The Morgan fingerprint density at radius 2 is 1.67 bits per heavy atom. The molecular formula is C19H28O2. The first kappa shape index (κ1) is 15.1. The van der Waals surface area contributed by atoms with E-state index in [1.165, 1.54) is 5.56 Å². The van der Waals surface area contributed by atoms with Gasteiger partial charge in [-0.2, -0.15) is 0 Å². The summed E-state index contributed by atoms with van der Waals surface area (Å²) < 4.78 is 12.9. The molecular weight excluding hydrogens is 260 g/mol. The third-order valence-electron chi connectivity index (χ3n) is 6.22. The lowest BCUT2D eigenvalue weighted by atomic mass is 9.53. The van der Waals surface area contributed by atoms with Gasteiger partial charge in [0.2, 0.25) is 0 Å². The Morgan fingerprint density at radius 3 is 2.19 bits per heavy atom. The van der Waals surface area contributed by atoms with Gasteiger partial charge in [-0.3, -0.25) is 0 Å². The van der Waals surface area contributed by atoms with E-state index in [2.05, 4.69) is 65.8 Å². The van der Waals surface area contributed by atoms with Crippen LogP contribution in [0.15, 0.2) is 30.3 Å². The highest BCUT2D eigenvalue weighted by Gasteiger charge is 2.74. The number of ether oxygens (including phenoxy) is 2. The van der Waals surface area contributed by atoms with E-state index in [4.69, 9.17) is 9.47 Å². The molecule has 2 heterocycles. The maximum absolute atomic E-state index is 6.55. The molecule has 116 valence electrons. The molecule has 0 N–H and O–H groups in total. The molecule has 0 saturated carbocycles. The van der Waals surface area contributed by atoms with E-state index in [1.807, 2.05) is 6.07 Å². The summed E-state index contributed by atoms with van der Waals surface area (Å²) in [4.78, 5) is 0. The maximum atomic E-state index is 6.55. The van der Waals surface area contributed by atoms with E-state index >= 15 is 0 Å².